The number of ether oxygens (including phenoxy) is 2. The number of likely N-dealkylation sites (tertiary alicyclic amines) is 1. The molecule has 6 nitrogen and oxygen atoms in total. The standard InChI is InChI=1S/C16H21NO5/c1-3-5-11-16-7-6-10(22-16)12(15(19)20)13(16)14(18)17(11)8-4-9-21-2/h3,6-7,10-13H,1,4-5,8-9H2,2H3,(H,19,20)/t10-,11-,12-,13+,16-/m0/s1. The van der Waals surface area contributed by atoms with Gasteiger partial charge in [-0.2, -0.15) is 0 Å². The van der Waals surface area contributed by atoms with Gasteiger partial charge in [0.2, 0.25) is 5.91 Å². The Morgan fingerprint density at radius 3 is 3.05 bits per heavy atom. The molecule has 0 aromatic carbocycles. The Labute approximate surface area is 129 Å². The Kier molecular flexibility index (Phi) is 3.82. The number of nitrogens with zero attached hydrogens (tertiary/aromatic N) is 1. The number of carboxylic acids is 1. The first kappa shape index (κ1) is 15.2. The second-order valence-electron chi connectivity index (χ2n) is 6.05. The summed E-state index contributed by atoms with van der Waals surface area (Å²) in [5.74, 6) is -2.52. The third-order valence-corrected chi connectivity index (χ3v) is 4.95. The number of fused-ring (bicyclic) bond motifs is 1. The van der Waals surface area contributed by atoms with E-state index in [9.17, 15) is 14.7 Å². The van der Waals surface area contributed by atoms with Crippen LogP contribution >= 0.6 is 0 Å². The normalized spacial score (nSPS) is 38.6. The van der Waals surface area contributed by atoms with Gasteiger partial charge in [-0.25, -0.2) is 0 Å². The molecule has 3 rings (SSSR count). The Morgan fingerprint density at radius 1 is 1.64 bits per heavy atom. The number of carbonyl (C=O) groups is 2. The van der Waals surface area contributed by atoms with Crippen LogP contribution in [0.2, 0.25) is 0 Å². The number of methoxy groups -OCH3 is 1. The highest BCUT2D eigenvalue weighted by Crippen LogP contribution is 2.55. The average Bonchev–Trinajstić information content (AvgIpc) is 3.11. The summed E-state index contributed by atoms with van der Waals surface area (Å²) in [4.78, 5) is 26.2. The molecule has 0 aromatic rings. The molecule has 3 heterocycles. The van der Waals surface area contributed by atoms with E-state index in [-0.39, 0.29) is 11.9 Å². The molecular weight excluding hydrogens is 286 g/mol. The molecule has 0 unspecified atom stereocenters. The highest BCUT2D eigenvalue weighted by Gasteiger charge is 2.70. The quantitative estimate of drug-likeness (QED) is 0.557. The minimum absolute atomic E-state index is 0.123. The van der Waals surface area contributed by atoms with Crippen LogP contribution in [0.4, 0.5) is 0 Å². The van der Waals surface area contributed by atoms with Crippen molar-refractivity contribution in [3.05, 3.63) is 24.8 Å². The molecule has 5 atom stereocenters. The zero-order valence-electron chi connectivity index (χ0n) is 12.6. The number of carbonyl (C=O) groups excluding carboxylic acids is 1. The summed E-state index contributed by atoms with van der Waals surface area (Å²) in [5.41, 5.74) is -0.813. The van der Waals surface area contributed by atoms with Crippen molar-refractivity contribution in [1.29, 1.82) is 0 Å². The van der Waals surface area contributed by atoms with Gasteiger partial charge in [0.05, 0.1) is 18.1 Å². The van der Waals surface area contributed by atoms with Crippen molar-refractivity contribution in [1.82, 2.24) is 4.90 Å². The SMILES string of the molecule is C=CC[C@@H]1N(CCCOC)C(=O)[C@H]2[C@@H](C(=O)O)[C@@H]3C=C[C@]12O3. The molecule has 0 aliphatic carbocycles. The van der Waals surface area contributed by atoms with Crippen molar-refractivity contribution in [3.8, 4) is 0 Å². The summed E-state index contributed by atoms with van der Waals surface area (Å²) in [6, 6.07) is -0.190. The van der Waals surface area contributed by atoms with Crippen LogP contribution in [0.25, 0.3) is 0 Å². The second kappa shape index (κ2) is 5.52. The highest BCUT2D eigenvalue weighted by molar-refractivity contribution is 5.91. The van der Waals surface area contributed by atoms with E-state index in [0.717, 1.165) is 0 Å². The summed E-state index contributed by atoms with van der Waals surface area (Å²) in [6.45, 7) is 4.87. The topological polar surface area (TPSA) is 76.1 Å². The second-order valence-corrected chi connectivity index (χ2v) is 6.05. The lowest BCUT2D eigenvalue weighted by Gasteiger charge is -2.32. The molecule has 2 fully saturated rings. The molecule has 22 heavy (non-hydrogen) atoms. The first-order valence-corrected chi connectivity index (χ1v) is 7.57. The first-order valence-electron chi connectivity index (χ1n) is 7.57. The smallest absolute Gasteiger partial charge is 0.310 e. The van der Waals surface area contributed by atoms with Crippen LogP contribution in [0.1, 0.15) is 12.8 Å². The van der Waals surface area contributed by atoms with E-state index < -0.39 is 29.5 Å². The Morgan fingerprint density at radius 2 is 2.41 bits per heavy atom. The van der Waals surface area contributed by atoms with Crippen LogP contribution in [0.3, 0.4) is 0 Å². The summed E-state index contributed by atoms with van der Waals surface area (Å²) in [7, 11) is 1.62. The lowest BCUT2D eigenvalue weighted by atomic mass is 9.74. The molecule has 2 bridgehead atoms. The molecule has 6 heteroatoms. The van der Waals surface area contributed by atoms with Crippen molar-refractivity contribution in [2.75, 3.05) is 20.3 Å². The largest absolute Gasteiger partial charge is 0.481 e. The van der Waals surface area contributed by atoms with E-state index in [1.165, 1.54) is 0 Å². The predicted octanol–water partition coefficient (Wildman–Crippen LogP) is 0.834. The molecule has 0 saturated carbocycles. The van der Waals surface area contributed by atoms with E-state index in [4.69, 9.17) is 9.47 Å². The predicted molar refractivity (Wildman–Crippen MR) is 78.2 cm³/mol. The molecule has 120 valence electrons. The maximum absolute atomic E-state index is 12.8. The maximum atomic E-state index is 12.8. The van der Waals surface area contributed by atoms with Gasteiger partial charge in [-0.15, -0.1) is 6.58 Å². The van der Waals surface area contributed by atoms with Crippen LogP contribution in [-0.4, -0.2) is 59.9 Å². The van der Waals surface area contributed by atoms with Gasteiger partial charge >= 0.3 is 5.97 Å². The molecular formula is C16H21NO5. The Bertz CT molecular complexity index is 531. The molecule has 2 saturated heterocycles. The molecule has 1 N–H and O–H groups in total. The molecule has 0 radical (unpaired) electrons. The lowest BCUT2D eigenvalue weighted by Crippen LogP contribution is -2.45. The minimum Gasteiger partial charge on any atom is -0.481 e. The third kappa shape index (κ3) is 1.94. The van der Waals surface area contributed by atoms with Crippen LogP contribution < -0.4 is 0 Å². The van der Waals surface area contributed by atoms with E-state index in [1.54, 1.807) is 24.2 Å². The summed E-state index contributed by atoms with van der Waals surface area (Å²) < 4.78 is 11.0. The van der Waals surface area contributed by atoms with Crippen LogP contribution in [0.5, 0.6) is 0 Å². The Hall–Kier alpha value is -1.66. The number of hydrogen-bond donors (Lipinski definition) is 1. The zero-order chi connectivity index (χ0) is 15.9. The molecule has 3 aliphatic rings. The number of rotatable bonds is 7. The van der Waals surface area contributed by atoms with Crippen molar-refractivity contribution < 1.29 is 24.2 Å². The zero-order valence-corrected chi connectivity index (χ0v) is 12.6. The Balaban J connectivity index is 1.92. The fourth-order valence-electron chi connectivity index (χ4n) is 4.12. The molecule has 3 aliphatic heterocycles. The van der Waals surface area contributed by atoms with Gasteiger partial charge in [0.25, 0.3) is 0 Å². The number of carboxylic acid groups (broad SMARTS) is 1. The van der Waals surface area contributed by atoms with E-state index in [0.29, 0.717) is 26.0 Å². The lowest BCUT2D eigenvalue weighted by molar-refractivity contribution is -0.148. The average molecular weight is 307 g/mol. The van der Waals surface area contributed by atoms with Crippen molar-refractivity contribution >= 4 is 11.9 Å². The van der Waals surface area contributed by atoms with Crippen molar-refractivity contribution in [2.45, 2.75) is 30.6 Å². The third-order valence-electron chi connectivity index (χ3n) is 4.95. The van der Waals surface area contributed by atoms with Gasteiger partial charge in [0, 0.05) is 20.3 Å². The minimum atomic E-state index is -0.967. The molecule has 1 spiro atoms. The van der Waals surface area contributed by atoms with Gasteiger partial charge in [-0.1, -0.05) is 18.2 Å². The number of hydrogen-bond acceptors (Lipinski definition) is 4. The van der Waals surface area contributed by atoms with Crippen molar-refractivity contribution in [3.63, 3.8) is 0 Å². The molecule has 0 aromatic heterocycles. The van der Waals surface area contributed by atoms with E-state index in [2.05, 4.69) is 6.58 Å². The van der Waals surface area contributed by atoms with Gasteiger partial charge in [-0.05, 0) is 12.8 Å². The van der Waals surface area contributed by atoms with E-state index in [1.807, 2.05) is 6.08 Å². The van der Waals surface area contributed by atoms with Gasteiger partial charge < -0.3 is 19.5 Å². The summed E-state index contributed by atoms with van der Waals surface area (Å²) in [5, 5.41) is 9.49. The summed E-state index contributed by atoms with van der Waals surface area (Å²) >= 11 is 0. The number of amides is 1. The van der Waals surface area contributed by atoms with Gasteiger partial charge in [0.1, 0.15) is 11.5 Å². The fourth-order valence-corrected chi connectivity index (χ4v) is 4.12. The maximum Gasteiger partial charge on any atom is 0.310 e. The molecule has 1 amide bonds. The van der Waals surface area contributed by atoms with Crippen molar-refractivity contribution in [2.24, 2.45) is 11.8 Å². The van der Waals surface area contributed by atoms with Crippen LogP contribution in [-0.2, 0) is 19.1 Å². The fraction of sp³-hybridized carbons (Fsp3) is 0.625. The highest BCUT2D eigenvalue weighted by atomic mass is 16.5. The van der Waals surface area contributed by atoms with Gasteiger partial charge in [0.15, 0.2) is 0 Å². The van der Waals surface area contributed by atoms with Crippen LogP contribution in [0, 0.1) is 11.8 Å². The van der Waals surface area contributed by atoms with E-state index >= 15 is 0 Å². The number of aliphatic carboxylic acids is 1. The first-order chi connectivity index (χ1) is 10.6. The van der Waals surface area contributed by atoms with Gasteiger partial charge in [-0.3, -0.25) is 9.59 Å². The monoisotopic (exact) mass is 307 g/mol. The summed E-state index contributed by atoms with van der Waals surface area (Å²) in [6.07, 6.45) is 6.24. The van der Waals surface area contributed by atoms with Crippen LogP contribution in [0.15, 0.2) is 24.8 Å².